The van der Waals surface area contributed by atoms with Crippen molar-refractivity contribution in [1.29, 1.82) is 0 Å². The van der Waals surface area contributed by atoms with E-state index in [4.69, 9.17) is 27.9 Å². The Bertz CT molecular complexity index is 469. The Morgan fingerprint density at radius 2 is 1.82 bits per heavy atom. The maximum atomic E-state index is 11.9. The monoisotopic (exact) mass is 273 g/mol. The zero-order chi connectivity index (χ0) is 12.6. The van der Waals surface area contributed by atoms with Crippen molar-refractivity contribution >= 4 is 40.7 Å². The first-order chi connectivity index (χ1) is 8.02. The van der Waals surface area contributed by atoms with Gasteiger partial charge in [0.25, 0.3) is 5.91 Å². The number of imide groups is 1. The van der Waals surface area contributed by atoms with Crippen molar-refractivity contribution in [1.82, 2.24) is 0 Å². The lowest BCUT2D eigenvalue weighted by atomic mass is 10.3. The summed E-state index contributed by atoms with van der Waals surface area (Å²) in [6, 6.07) is 4.56. The highest BCUT2D eigenvalue weighted by molar-refractivity contribution is 6.35. The van der Waals surface area contributed by atoms with Gasteiger partial charge < -0.3 is 4.74 Å². The molecule has 0 bridgehead atoms. The zero-order valence-electron chi connectivity index (χ0n) is 8.94. The average molecular weight is 274 g/mol. The topological polar surface area (TPSA) is 46.6 Å². The van der Waals surface area contributed by atoms with Crippen molar-refractivity contribution in [2.45, 2.75) is 12.5 Å². The molecule has 2 rings (SSSR count). The first-order valence-electron chi connectivity index (χ1n) is 4.88. The van der Waals surface area contributed by atoms with Crippen LogP contribution in [0.1, 0.15) is 6.42 Å². The highest BCUT2D eigenvalue weighted by Gasteiger charge is 2.39. The summed E-state index contributed by atoms with van der Waals surface area (Å²) in [5, 5.41) is 0.739. The number of rotatable bonds is 2. The molecule has 0 aromatic heterocycles. The van der Waals surface area contributed by atoms with Crippen LogP contribution in [0, 0.1) is 0 Å². The highest BCUT2D eigenvalue weighted by Crippen LogP contribution is 2.29. The molecule has 6 heteroatoms. The molecular weight excluding hydrogens is 265 g/mol. The van der Waals surface area contributed by atoms with Gasteiger partial charge in [0.1, 0.15) is 6.10 Å². The molecule has 90 valence electrons. The summed E-state index contributed by atoms with van der Waals surface area (Å²) in [6.45, 7) is 0. The second kappa shape index (κ2) is 4.64. The number of methoxy groups -OCH3 is 1. The Morgan fingerprint density at radius 1 is 1.24 bits per heavy atom. The molecule has 1 fully saturated rings. The lowest BCUT2D eigenvalue weighted by Gasteiger charge is -2.15. The van der Waals surface area contributed by atoms with Crippen LogP contribution >= 0.6 is 23.2 Å². The number of benzene rings is 1. The molecule has 0 spiro atoms. The van der Waals surface area contributed by atoms with Crippen LogP contribution in [-0.4, -0.2) is 25.0 Å². The van der Waals surface area contributed by atoms with E-state index in [0.29, 0.717) is 15.7 Å². The van der Waals surface area contributed by atoms with E-state index in [-0.39, 0.29) is 12.3 Å². The summed E-state index contributed by atoms with van der Waals surface area (Å²) in [7, 11) is 1.39. The third kappa shape index (κ3) is 2.29. The second-order valence-electron chi connectivity index (χ2n) is 3.62. The molecule has 1 aromatic carbocycles. The number of anilines is 1. The van der Waals surface area contributed by atoms with Gasteiger partial charge in [-0.3, -0.25) is 9.59 Å². The van der Waals surface area contributed by atoms with E-state index in [1.165, 1.54) is 25.3 Å². The van der Waals surface area contributed by atoms with Crippen LogP contribution in [0.25, 0.3) is 0 Å². The fourth-order valence-electron chi connectivity index (χ4n) is 1.73. The maximum Gasteiger partial charge on any atom is 0.263 e. The van der Waals surface area contributed by atoms with Crippen molar-refractivity contribution in [2.24, 2.45) is 0 Å². The molecule has 1 aliphatic heterocycles. The summed E-state index contributed by atoms with van der Waals surface area (Å²) >= 11 is 11.7. The maximum absolute atomic E-state index is 11.9. The van der Waals surface area contributed by atoms with Crippen LogP contribution in [0.15, 0.2) is 18.2 Å². The third-order valence-corrected chi connectivity index (χ3v) is 2.93. The van der Waals surface area contributed by atoms with Gasteiger partial charge >= 0.3 is 0 Å². The van der Waals surface area contributed by atoms with Crippen molar-refractivity contribution < 1.29 is 14.3 Å². The first kappa shape index (κ1) is 12.4. The number of carbonyl (C=O) groups excluding carboxylic acids is 2. The minimum absolute atomic E-state index is 0.0411. The minimum Gasteiger partial charge on any atom is -0.371 e. The molecular formula is C11H9Cl2NO3. The standard InChI is InChI=1S/C11H9Cl2NO3/c1-17-9-5-10(15)14(11(9)16)8-3-6(12)2-7(13)4-8/h2-4,9H,5H2,1H3. The SMILES string of the molecule is COC1CC(=O)N(c2cc(Cl)cc(Cl)c2)C1=O. The molecule has 1 unspecified atom stereocenters. The van der Waals surface area contributed by atoms with Crippen LogP contribution in [0.5, 0.6) is 0 Å². The molecule has 0 N–H and O–H groups in total. The Balaban J connectivity index is 2.39. The van der Waals surface area contributed by atoms with E-state index in [9.17, 15) is 9.59 Å². The molecule has 1 atom stereocenters. The largest absolute Gasteiger partial charge is 0.371 e. The molecule has 1 saturated heterocycles. The Labute approximate surface area is 108 Å². The van der Waals surface area contributed by atoms with Gasteiger partial charge in [-0.05, 0) is 18.2 Å². The quantitative estimate of drug-likeness (QED) is 0.777. The minimum atomic E-state index is -0.722. The predicted molar refractivity (Wildman–Crippen MR) is 64.4 cm³/mol. The fraction of sp³-hybridized carbons (Fsp3) is 0.273. The second-order valence-corrected chi connectivity index (χ2v) is 4.50. The summed E-state index contributed by atoms with van der Waals surface area (Å²) in [5.41, 5.74) is 0.372. The van der Waals surface area contributed by atoms with Gasteiger partial charge in [-0.25, -0.2) is 4.90 Å². The van der Waals surface area contributed by atoms with Gasteiger partial charge in [-0.2, -0.15) is 0 Å². The van der Waals surface area contributed by atoms with Gasteiger partial charge in [0, 0.05) is 17.2 Å². The van der Waals surface area contributed by atoms with E-state index in [1.54, 1.807) is 0 Å². The summed E-state index contributed by atoms with van der Waals surface area (Å²) < 4.78 is 4.93. The molecule has 0 aliphatic carbocycles. The number of hydrogen-bond acceptors (Lipinski definition) is 3. The van der Waals surface area contributed by atoms with E-state index in [2.05, 4.69) is 0 Å². The van der Waals surface area contributed by atoms with Crippen molar-refractivity contribution in [3.8, 4) is 0 Å². The van der Waals surface area contributed by atoms with E-state index in [1.807, 2.05) is 0 Å². The van der Waals surface area contributed by atoms with Gasteiger partial charge in [0.05, 0.1) is 12.1 Å². The summed E-state index contributed by atoms with van der Waals surface area (Å²) in [6.07, 6.45) is -0.681. The van der Waals surface area contributed by atoms with Crippen molar-refractivity contribution in [2.75, 3.05) is 12.0 Å². The smallest absolute Gasteiger partial charge is 0.263 e. The van der Waals surface area contributed by atoms with E-state index in [0.717, 1.165) is 4.90 Å². The summed E-state index contributed by atoms with van der Waals surface area (Å²) in [5.74, 6) is -0.712. The normalized spacial score (nSPS) is 20.2. The van der Waals surface area contributed by atoms with Gasteiger partial charge in [-0.15, -0.1) is 0 Å². The van der Waals surface area contributed by atoms with E-state index >= 15 is 0 Å². The number of carbonyl (C=O) groups is 2. The van der Waals surface area contributed by atoms with Gasteiger partial charge in [0.15, 0.2) is 0 Å². The number of hydrogen-bond donors (Lipinski definition) is 0. The molecule has 0 radical (unpaired) electrons. The third-order valence-electron chi connectivity index (χ3n) is 2.50. The van der Waals surface area contributed by atoms with Crippen LogP contribution in [0.3, 0.4) is 0 Å². The molecule has 1 heterocycles. The van der Waals surface area contributed by atoms with Crippen LogP contribution in [-0.2, 0) is 14.3 Å². The van der Waals surface area contributed by atoms with Crippen LogP contribution in [0.4, 0.5) is 5.69 Å². The van der Waals surface area contributed by atoms with Gasteiger partial charge in [-0.1, -0.05) is 23.2 Å². The Kier molecular flexibility index (Phi) is 3.38. The number of halogens is 2. The lowest BCUT2D eigenvalue weighted by molar-refractivity contribution is -0.125. The predicted octanol–water partition coefficient (Wildman–Crippen LogP) is 2.27. The van der Waals surface area contributed by atoms with Crippen LogP contribution < -0.4 is 4.90 Å². The molecule has 17 heavy (non-hydrogen) atoms. The van der Waals surface area contributed by atoms with E-state index < -0.39 is 12.0 Å². The first-order valence-corrected chi connectivity index (χ1v) is 5.64. The number of nitrogens with zero attached hydrogens (tertiary/aromatic N) is 1. The zero-order valence-corrected chi connectivity index (χ0v) is 10.5. The molecule has 1 aromatic rings. The van der Waals surface area contributed by atoms with Crippen molar-refractivity contribution in [3.05, 3.63) is 28.2 Å². The number of ether oxygens (including phenoxy) is 1. The fourth-order valence-corrected chi connectivity index (χ4v) is 2.24. The molecule has 2 amide bonds. The Morgan fingerprint density at radius 3 is 2.29 bits per heavy atom. The van der Waals surface area contributed by atoms with Crippen molar-refractivity contribution in [3.63, 3.8) is 0 Å². The van der Waals surface area contributed by atoms with Gasteiger partial charge in [0.2, 0.25) is 5.91 Å². The summed E-state index contributed by atoms with van der Waals surface area (Å²) in [4.78, 5) is 24.6. The van der Waals surface area contributed by atoms with Crippen LogP contribution in [0.2, 0.25) is 10.0 Å². The lowest BCUT2D eigenvalue weighted by Crippen LogP contribution is -2.32. The highest BCUT2D eigenvalue weighted by atomic mass is 35.5. The average Bonchev–Trinajstić information content (AvgIpc) is 2.52. The molecule has 0 saturated carbocycles. The number of amides is 2. The Hall–Kier alpha value is -1.10. The molecule has 1 aliphatic rings. The molecule has 4 nitrogen and oxygen atoms in total.